The lowest BCUT2D eigenvalue weighted by atomic mass is 10.2. The zero-order valence-corrected chi connectivity index (χ0v) is 10.0. The van der Waals surface area contributed by atoms with E-state index in [1.165, 1.54) is 28.2 Å². The maximum Gasteiger partial charge on any atom is 0.00746 e. The lowest BCUT2D eigenvalue weighted by Crippen LogP contribution is -1.82. The summed E-state index contributed by atoms with van der Waals surface area (Å²) < 4.78 is 0. The van der Waals surface area contributed by atoms with Gasteiger partial charge in [0.05, 0.1) is 0 Å². The van der Waals surface area contributed by atoms with Crippen molar-refractivity contribution in [2.75, 3.05) is 5.75 Å². The molecular weight excluding hydrogens is 188 g/mol. The third kappa shape index (κ3) is 4.01. The van der Waals surface area contributed by atoms with Crippen LogP contribution in [0.2, 0.25) is 0 Å². The second-order valence-electron chi connectivity index (χ2n) is 3.55. The fraction of sp³-hybridized carbons (Fsp3) is 0.385. The minimum atomic E-state index is 1.18. The molecular formula is C13H18S. The van der Waals surface area contributed by atoms with Crippen LogP contribution in [0.4, 0.5) is 0 Å². The van der Waals surface area contributed by atoms with E-state index in [1.807, 2.05) is 11.8 Å². The highest BCUT2D eigenvalue weighted by atomic mass is 32.2. The van der Waals surface area contributed by atoms with Crippen molar-refractivity contribution >= 4 is 11.8 Å². The van der Waals surface area contributed by atoms with Crippen molar-refractivity contribution in [2.24, 2.45) is 0 Å². The summed E-state index contributed by atoms with van der Waals surface area (Å²) in [7, 11) is 0. The van der Waals surface area contributed by atoms with Crippen LogP contribution < -0.4 is 0 Å². The number of rotatable bonds is 4. The summed E-state index contributed by atoms with van der Waals surface area (Å²) in [4.78, 5) is 1.38. The van der Waals surface area contributed by atoms with Gasteiger partial charge in [-0.2, -0.15) is 0 Å². The van der Waals surface area contributed by atoms with Gasteiger partial charge in [-0.05, 0) is 39.3 Å². The maximum atomic E-state index is 2.25. The molecule has 0 radical (unpaired) electrons. The number of aryl methyl sites for hydroxylation is 1. The van der Waals surface area contributed by atoms with Gasteiger partial charge in [0.25, 0.3) is 0 Å². The van der Waals surface area contributed by atoms with Gasteiger partial charge in [-0.3, -0.25) is 0 Å². The first-order valence-corrected chi connectivity index (χ1v) is 6.02. The van der Waals surface area contributed by atoms with E-state index in [0.29, 0.717) is 0 Å². The molecule has 1 aromatic carbocycles. The van der Waals surface area contributed by atoms with Crippen LogP contribution in [0.25, 0.3) is 0 Å². The average Bonchev–Trinajstić information content (AvgIpc) is 2.17. The molecule has 14 heavy (non-hydrogen) atoms. The molecule has 76 valence electrons. The van der Waals surface area contributed by atoms with Gasteiger partial charge in [-0.25, -0.2) is 0 Å². The molecule has 1 aromatic rings. The first-order valence-electron chi connectivity index (χ1n) is 5.03. The summed E-state index contributed by atoms with van der Waals surface area (Å²) in [5, 5.41) is 0. The van der Waals surface area contributed by atoms with Crippen molar-refractivity contribution in [1.29, 1.82) is 0 Å². The first-order chi connectivity index (χ1) is 6.72. The SMILES string of the molecule is CC=C(C)CCSc1cccc(C)c1. The Bertz CT molecular complexity index is 313. The lowest BCUT2D eigenvalue weighted by molar-refractivity contribution is 1.10. The Morgan fingerprint density at radius 3 is 2.86 bits per heavy atom. The van der Waals surface area contributed by atoms with Crippen LogP contribution in [0.5, 0.6) is 0 Å². The van der Waals surface area contributed by atoms with E-state index in [1.54, 1.807) is 0 Å². The highest BCUT2D eigenvalue weighted by Crippen LogP contribution is 2.20. The zero-order valence-electron chi connectivity index (χ0n) is 9.21. The Balaban J connectivity index is 2.39. The van der Waals surface area contributed by atoms with Gasteiger partial charge < -0.3 is 0 Å². The van der Waals surface area contributed by atoms with Crippen molar-refractivity contribution in [2.45, 2.75) is 32.1 Å². The molecule has 1 rings (SSSR count). The molecule has 0 aliphatic rings. The van der Waals surface area contributed by atoms with E-state index >= 15 is 0 Å². The van der Waals surface area contributed by atoms with E-state index in [2.05, 4.69) is 51.1 Å². The fourth-order valence-electron chi connectivity index (χ4n) is 1.18. The third-order valence-corrected chi connectivity index (χ3v) is 3.24. The number of benzene rings is 1. The van der Waals surface area contributed by atoms with Gasteiger partial charge in [0.2, 0.25) is 0 Å². The van der Waals surface area contributed by atoms with E-state index in [-0.39, 0.29) is 0 Å². The second-order valence-corrected chi connectivity index (χ2v) is 4.72. The second kappa shape index (κ2) is 5.92. The third-order valence-electron chi connectivity index (χ3n) is 2.25. The molecule has 0 bridgehead atoms. The Morgan fingerprint density at radius 2 is 2.21 bits per heavy atom. The number of thioether (sulfide) groups is 1. The van der Waals surface area contributed by atoms with E-state index in [0.717, 1.165) is 0 Å². The highest BCUT2D eigenvalue weighted by Gasteiger charge is 1.94. The minimum Gasteiger partial charge on any atom is -0.126 e. The van der Waals surface area contributed by atoms with Crippen LogP contribution >= 0.6 is 11.8 Å². The van der Waals surface area contributed by atoms with Gasteiger partial charge >= 0.3 is 0 Å². The maximum absolute atomic E-state index is 2.25. The molecule has 0 amide bonds. The summed E-state index contributed by atoms with van der Waals surface area (Å²) >= 11 is 1.94. The summed E-state index contributed by atoms with van der Waals surface area (Å²) in [6, 6.07) is 8.69. The van der Waals surface area contributed by atoms with Crippen LogP contribution in [0, 0.1) is 6.92 Å². The molecule has 1 heteroatoms. The molecule has 0 aliphatic carbocycles. The zero-order chi connectivity index (χ0) is 10.4. The average molecular weight is 206 g/mol. The van der Waals surface area contributed by atoms with Crippen molar-refractivity contribution in [3.63, 3.8) is 0 Å². The minimum absolute atomic E-state index is 1.18. The smallest absolute Gasteiger partial charge is 0.00746 e. The van der Waals surface area contributed by atoms with Crippen molar-refractivity contribution < 1.29 is 0 Å². The number of hydrogen-bond donors (Lipinski definition) is 0. The monoisotopic (exact) mass is 206 g/mol. The fourth-order valence-corrected chi connectivity index (χ4v) is 2.28. The van der Waals surface area contributed by atoms with Crippen molar-refractivity contribution in [1.82, 2.24) is 0 Å². The standard InChI is InChI=1S/C13H18S/c1-4-11(2)8-9-14-13-7-5-6-12(3)10-13/h4-7,10H,8-9H2,1-3H3. The molecule has 0 fully saturated rings. The van der Waals surface area contributed by atoms with Gasteiger partial charge in [0.1, 0.15) is 0 Å². The van der Waals surface area contributed by atoms with Crippen LogP contribution in [-0.4, -0.2) is 5.75 Å². The van der Waals surface area contributed by atoms with Crippen LogP contribution in [0.15, 0.2) is 40.8 Å². The molecule has 0 aromatic heterocycles. The van der Waals surface area contributed by atoms with Crippen LogP contribution in [-0.2, 0) is 0 Å². The molecule has 0 nitrogen and oxygen atoms in total. The van der Waals surface area contributed by atoms with Gasteiger partial charge in [0, 0.05) is 10.6 Å². The molecule has 0 N–H and O–H groups in total. The van der Waals surface area contributed by atoms with E-state index in [4.69, 9.17) is 0 Å². The molecule has 0 heterocycles. The predicted molar refractivity (Wildman–Crippen MR) is 66.0 cm³/mol. The van der Waals surface area contributed by atoms with Gasteiger partial charge in [0.15, 0.2) is 0 Å². The number of hydrogen-bond acceptors (Lipinski definition) is 1. The molecule has 0 aliphatic heterocycles. The quantitative estimate of drug-likeness (QED) is 0.518. The molecule has 0 unspecified atom stereocenters. The van der Waals surface area contributed by atoms with Crippen LogP contribution in [0.3, 0.4) is 0 Å². The van der Waals surface area contributed by atoms with Crippen molar-refractivity contribution in [3.05, 3.63) is 41.5 Å². The Morgan fingerprint density at radius 1 is 1.43 bits per heavy atom. The Kier molecular flexibility index (Phi) is 4.81. The van der Waals surface area contributed by atoms with E-state index in [9.17, 15) is 0 Å². The summed E-state index contributed by atoms with van der Waals surface area (Å²) in [6.07, 6.45) is 3.38. The topological polar surface area (TPSA) is 0 Å². The Hall–Kier alpha value is -0.690. The molecule has 0 spiro atoms. The lowest BCUT2D eigenvalue weighted by Gasteiger charge is -2.02. The van der Waals surface area contributed by atoms with E-state index < -0.39 is 0 Å². The number of allylic oxidation sites excluding steroid dienone is 2. The summed E-state index contributed by atoms with van der Waals surface area (Å²) in [5.41, 5.74) is 2.82. The summed E-state index contributed by atoms with van der Waals surface area (Å²) in [5.74, 6) is 1.18. The first kappa shape index (κ1) is 11.4. The largest absolute Gasteiger partial charge is 0.126 e. The normalized spacial score (nSPS) is 11.8. The van der Waals surface area contributed by atoms with Gasteiger partial charge in [-0.15, -0.1) is 11.8 Å². The molecule has 0 saturated carbocycles. The highest BCUT2D eigenvalue weighted by molar-refractivity contribution is 7.99. The van der Waals surface area contributed by atoms with Crippen LogP contribution in [0.1, 0.15) is 25.8 Å². The Labute approximate surface area is 91.4 Å². The van der Waals surface area contributed by atoms with Gasteiger partial charge in [-0.1, -0.05) is 29.3 Å². The summed E-state index contributed by atoms with van der Waals surface area (Å²) in [6.45, 7) is 6.44. The van der Waals surface area contributed by atoms with Crippen molar-refractivity contribution in [3.8, 4) is 0 Å². The molecule has 0 saturated heterocycles. The molecule has 0 atom stereocenters. The predicted octanol–water partition coefficient (Wildman–Crippen LogP) is 4.44.